The van der Waals surface area contributed by atoms with Gasteiger partial charge in [0.1, 0.15) is 5.75 Å². The maximum atomic E-state index is 12.9. The highest BCUT2D eigenvalue weighted by Crippen LogP contribution is 2.28. The van der Waals surface area contributed by atoms with Gasteiger partial charge in [0.15, 0.2) is 5.78 Å². The number of rotatable bonds is 5. The van der Waals surface area contributed by atoms with Gasteiger partial charge in [-0.05, 0) is 38.8 Å². The van der Waals surface area contributed by atoms with Crippen molar-refractivity contribution in [1.82, 2.24) is 10.2 Å². The summed E-state index contributed by atoms with van der Waals surface area (Å²) < 4.78 is 5.80. The predicted molar refractivity (Wildman–Crippen MR) is 82.9 cm³/mol. The van der Waals surface area contributed by atoms with Crippen molar-refractivity contribution in [2.45, 2.75) is 38.3 Å². The molecule has 0 radical (unpaired) electrons. The third-order valence-electron chi connectivity index (χ3n) is 4.39. The summed E-state index contributed by atoms with van der Waals surface area (Å²) in [5.74, 6) is 0.991. The largest absolute Gasteiger partial charge is 0.490 e. The van der Waals surface area contributed by atoms with Crippen LogP contribution in [0, 0.1) is 0 Å². The van der Waals surface area contributed by atoms with Gasteiger partial charge in [0.25, 0.3) is 0 Å². The van der Waals surface area contributed by atoms with Gasteiger partial charge in [-0.25, -0.2) is 0 Å². The van der Waals surface area contributed by atoms with Crippen molar-refractivity contribution in [3.05, 3.63) is 29.8 Å². The number of hydrogen-bond donors (Lipinski definition) is 1. The van der Waals surface area contributed by atoms with Gasteiger partial charge in [-0.3, -0.25) is 9.69 Å². The van der Waals surface area contributed by atoms with Crippen LogP contribution in [0.25, 0.3) is 0 Å². The van der Waals surface area contributed by atoms with E-state index in [-0.39, 0.29) is 5.78 Å². The Hall–Kier alpha value is -1.39. The van der Waals surface area contributed by atoms with E-state index >= 15 is 0 Å². The minimum Gasteiger partial charge on any atom is -0.490 e. The summed E-state index contributed by atoms with van der Waals surface area (Å²) in [5, 5.41) is 3.33. The molecular weight excluding hydrogens is 264 g/mol. The van der Waals surface area contributed by atoms with Crippen LogP contribution < -0.4 is 10.1 Å². The molecule has 1 aliphatic heterocycles. The zero-order valence-electron chi connectivity index (χ0n) is 12.9. The van der Waals surface area contributed by atoms with Crippen LogP contribution in [0.2, 0.25) is 0 Å². The molecule has 0 aromatic heterocycles. The highest BCUT2D eigenvalue weighted by molar-refractivity contribution is 6.03. The summed E-state index contributed by atoms with van der Waals surface area (Å²) in [6.07, 6.45) is 2.62. The Morgan fingerprint density at radius 1 is 1.29 bits per heavy atom. The first-order valence-corrected chi connectivity index (χ1v) is 7.84. The number of carbonyl (C=O) groups is 1. The van der Waals surface area contributed by atoms with Crippen molar-refractivity contribution < 1.29 is 9.53 Å². The molecule has 0 amide bonds. The summed E-state index contributed by atoms with van der Waals surface area (Å²) in [6.45, 7) is 7.77. The fourth-order valence-electron chi connectivity index (χ4n) is 2.81. The minimum absolute atomic E-state index is 0.172. The summed E-state index contributed by atoms with van der Waals surface area (Å²) in [6, 6.07) is 7.64. The van der Waals surface area contributed by atoms with Gasteiger partial charge < -0.3 is 10.1 Å². The Morgan fingerprint density at radius 3 is 2.67 bits per heavy atom. The standard InChI is InChI=1S/C17H24N2O2/c1-17(2,19-10-8-18-9-11-19)16(20)13-4-3-5-15(12-13)21-14-6-7-14/h3-5,12,14,18H,6-11H2,1-2H3. The molecule has 3 rings (SSSR count). The fourth-order valence-corrected chi connectivity index (χ4v) is 2.81. The Kier molecular flexibility index (Phi) is 4.00. The molecule has 0 atom stereocenters. The third-order valence-corrected chi connectivity index (χ3v) is 4.39. The van der Waals surface area contributed by atoms with E-state index in [4.69, 9.17) is 4.74 Å². The summed E-state index contributed by atoms with van der Waals surface area (Å²) >= 11 is 0. The number of ketones is 1. The van der Waals surface area contributed by atoms with Crippen LogP contribution in [0.1, 0.15) is 37.0 Å². The molecule has 1 N–H and O–H groups in total. The van der Waals surface area contributed by atoms with Crippen molar-refractivity contribution in [1.29, 1.82) is 0 Å². The first-order chi connectivity index (χ1) is 10.1. The molecule has 21 heavy (non-hydrogen) atoms. The molecule has 4 nitrogen and oxygen atoms in total. The summed E-state index contributed by atoms with van der Waals surface area (Å²) in [7, 11) is 0. The number of nitrogens with one attached hydrogen (secondary N) is 1. The molecule has 1 heterocycles. The van der Waals surface area contributed by atoms with Crippen LogP contribution >= 0.6 is 0 Å². The number of benzene rings is 1. The van der Waals surface area contributed by atoms with E-state index in [0.29, 0.717) is 6.10 Å². The van der Waals surface area contributed by atoms with E-state index in [0.717, 1.165) is 50.3 Å². The van der Waals surface area contributed by atoms with Crippen molar-refractivity contribution in [2.24, 2.45) is 0 Å². The van der Waals surface area contributed by atoms with Gasteiger partial charge in [-0.1, -0.05) is 12.1 Å². The first kappa shape index (κ1) is 14.5. The normalized spacial score (nSPS) is 20.3. The topological polar surface area (TPSA) is 41.6 Å². The van der Waals surface area contributed by atoms with Crippen LogP contribution in [0.5, 0.6) is 5.75 Å². The smallest absolute Gasteiger partial charge is 0.182 e. The monoisotopic (exact) mass is 288 g/mol. The van der Waals surface area contributed by atoms with E-state index in [1.165, 1.54) is 0 Å². The highest BCUT2D eigenvalue weighted by atomic mass is 16.5. The molecule has 1 aromatic carbocycles. The number of nitrogens with zero attached hydrogens (tertiary/aromatic N) is 1. The molecule has 1 saturated carbocycles. The SMILES string of the molecule is CC(C)(C(=O)c1cccc(OC2CC2)c1)N1CCNCC1. The van der Waals surface area contributed by atoms with Gasteiger partial charge >= 0.3 is 0 Å². The van der Waals surface area contributed by atoms with E-state index in [9.17, 15) is 4.79 Å². The lowest BCUT2D eigenvalue weighted by atomic mass is 9.90. The van der Waals surface area contributed by atoms with Crippen LogP contribution in [-0.4, -0.2) is 48.5 Å². The van der Waals surface area contributed by atoms with Crippen LogP contribution in [0.15, 0.2) is 24.3 Å². The third kappa shape index (κ3) is 3.27. The Balaban J connectivity index is 1.76. The number of Topliss-reactive ketones (excluding diaryl/α,β-unsaturated/α-hetero) is 1. The van der Waals surface area contributed by atoms with Crippen molar-refractivity contribution in [2.75, 3.05) is 26.2 Å². The molecule has 2 fully saturated rings. The minimum atomic E-state index is -0.472. The van der Waals surface area contributed by atoms with Crippen LogP contribution in [0.3, 0.4) is 0 Å². The van der Waals surface area contributed by atoms with E-state index in [2.05, 4.69) is 10.2 Å². The van der Waals surface area contributed by atoms with E-state index in [1.54, 1.807) is 0 Å². The second kappa shape index (κ2) is 5.78. The quantitative estimate of drug-likeness (QED) is 0.843. The molecule has 1 aromatic rings. The number of hydrogen-bond acceptors (Lipinski definition) is 4. The zero-order chi connectivity index (χ0) is 14.9. The number of ether oxygens (including phenoxy) is 1. The highest BCUT2D eigenvalue weighted by Gasteiger charge is 2.35. The zero-order valence-corrected chi connectivity index (χ0v) is 12.9. The maximum absolute atomic E-state index is 12.9. The van der Waals surface area contributed by atoms with E-state index < -0.39 is 5.54 Å². The van der Waals surface area contributed by atoms with Gasteiger partial charge in [0.2, 0.25) is 0 Å². The average Bonchev–Trinajstić information content (AvgIpc) is 3.31. The average molecular weight is 288 g/mol. The van der Waals surface area contributed by atoms with Gasteiger partial charge in [0, 0.05) is 31.7 Å². The molecule has 0 unspecified atom stereocenters. The second-order valence-electron chi connectivity index (χ2n) is 6.47. The Labute approximate surface area is 126 Å². The van der Waals surface area contributed by atoms with Gasteiger partial charge in [0.05, 0.1) is 11.6 Å². The molecule has 0 bridgehead atoms. The molecule has 1 saturated heterocycles. The summed E-state index contributed by atoms with van der Waals surface area (Å²) in [4.78, 5) is 15.2. The Morgan fingerprint density at radius 2 is 2.00 bits per heavy atom. The van der Waals surface area contributed by atoms with Crippen molar-refractivity contribution >= 4 is 5.78 Å². The van der Waals surface area contributed by atoms with E-state index in [1.807, 2.05) is 38.1 Å². The number of carbonyl (C=O) groups excluding carboxylic acids is 1. The first-order valence-electron chi connectivity index (χ1n) is 7.84. The predicted octanol–water partition coefficient (Wildman–Crippen LogP) is 2.09. The van der Waals surface area contributed by atoms with Crippen LogP contribution in [-0.2, 0) is 0 Å². The molecule has 1 aliphatic carbocycles. The molecule has 114 valence electrons. The Bertz CT molecular complexity index is 517. The lowest BCUT2D eigenvalue weighted by molar-refractivity contribution is 0.0602. The fraction of sp³-hybridized carbons (Fsp3) is 0.588. The molecular formula is C17H24N2O2. The van der Waals surface area contributed by atoms with Crippen molar-refractivity contribution in [3.8, 4) is 5.75 Å². The molecule has 0 spiro atoms. The molecule has 2 aliphatic rings. The number of piperazine rings is 1. The van der Waals surface area contributed by atoms with Crippen molar-refractivity contribution in [3.63, 3.8) is 0 Å². The van der Waals surface area contributed by atoms with Crippen LogP contribution in [0.4, 0.5) is 0 Å². The van der Waals surface area contributed by atoms with Gasteiger partial charge in [-0.2, -0.15) is 0 Å². The van der Waals surface area contributed by atoms with Gasteiger partial charge in [-0.15, -0.1) is 0 Å². The molecule has 4 heteroatoms. The lowest BCUT2D eigenvalue weighted by Crippen LogP contribution is -2.57. The maximum Gasteiger partial charge on any atom is 0.182 e. The summed E-state index contributed by atoms with van der Waals surface area (Å²) in [5.41, 5.74) is 0.275. The lowest BCUT2D eigenvalue weighted by Gasteiger charge is -2.40. The second-order valence-corrected chi connectivity index (χ2v) is 6.47.